The maximum absolute atomic E-state index is 12.9. The van der Waals surface area contributed by atoms with Crippen molar-refractivity contribution < 1.29 is 18.0 Å². The van der Waals surface area contributed by atoms with Crippen LogP contribution in [0, 0.1) is 0 Å². The van der Waals surface area contributed by atoms with Gasteiger partial charge in [0.2, 0.25) is 10.0 Å². The Kier molecular flexibility index (Phi) is 6.00. The third kappa shape index (κ3) is 4.34. The Balaban J connectivity index is 1.82. The number of sulfonamides is 1. The number of anilines is 1. The number of ketones is 1. The van der Waals surface area contributed by atoms with Gasteiger partial charge < -0.3 is 9.88 Å². The molecule has 2 aromatic rings. The summed E-state index contributed by atoms with van der Waals surface area (Å²) in [5.74, 6) is -0.527. The Hall–Kier alpha value is -2.45. The molecule has 0 aliphatic carbocycles. The van der Waals surface area contributed by atoms with Gasteiger partial charge in [-0.3, -0.25) is 9.59 Å². The van der Waals surface area contributed by atoms with E-state index in [0.29, 0.717) is 24.3 Å². The molecule has 28 heavy (non-hydrogen) atoms. The Morgan fingerprint density at radius 3 is 2.36 bits per heavy atom. The van der Waals surface area contributed by atoms with Gasteiger partial charge in [-0.1, -0.05) is 25.0 Å². The van der Waals surface area contributed by atoms with Gasteiger partial charge in [0.1, 0.15) is 10.6 Å². The Labute approximate surface area is 165 Å². The van der Waals surface area contributed by atoms with Gasteiger partial charge >= 0.3 is 0 Å². The summed E-state index contributed by atoms with van der Waals surface area (Å²) in [5.41, 5.74) is 1.21. The average Bonchev–Trinajstić information content (AvgIpc) is 2.87. The Morgan fingerprint density at radius 1 is 1.04 bits per heavy atom. The van der Waals surface area contributed by atoms with E-state index in [1.165, 1.54) is 28.1 Å². The molecule has 1 aliphatic rings. The van der Waals surface area contributed by atoms with Crippen LogP contribution in [-0.2, 0) is 17.1 Å². The number of benzene rings is 1. The second-order valence-electron chi connectivity index (χ2n) is 7.08. The molecule has 1 saturated heterocycles. The molecule has 8 heteroatoms. The highest BCUT2D eigenvalue weighted by Gasteiger charge is 2.28. The van der Waals surface area contributed by atoms with Crippen molar-refractivity contribution in [2.75, 3.05) is 18.4 Å². The normalized spacial score (nSPS) is 15.8. The third-order valence-electron chi connectivity index (χ3n) is 4.94. The SMILES string of the molecule is CC(=O)c1cccc(NC(=O)c2cc(S(=O)(=O)N3CCCCCC3)cn2C)c1. The van der Waals surface area contributed by atoms with Gasteiger partial charge in [-0.25, -0.2) is 8.42 Å². The molecule has 150 valence electrons. The molecule has 2 heterocycles. The zero-order valence-corrected chi connectivity index (χ0v) is 17.0. The van der Waals surface area contributed by atoms with E-state index in [-0.39, 0.29) is 16.4 Å². The van der Waals surface area contributed by atoms with Crippen LogP contribution in [0.25, 0.3) is 0 Å². The van der Waals surface area contributed by atoms with E-state index in [1.807, 2.05) is 0 Å². The number of hydrogen-bond donors (Lipinski definition) is 1. The second kappa shape index (κ2) is 8.28. The number of nitrogens with one attached hydrogen (secondary N) is 1. The second-order valence-corrected chi connectivity index (χ2v) is 9.02. The van der Waals surface area contributed by atoms with Crippen molar-refractivity contribution in [1.29, 1.82) is 0 Å². The Bertz CT molecular complexity index is 987. The van der Waals surface area contributed by atoms with Crippen LogP contribution in [0.5, 0.6) is 0 Å². The molecule has 1 aromatic carbocycles. The van der Waals surface area contributed by atoms with Gasteiger partial charge in [0.05, 0.1) is 0 Å². The van der Waals surface area contributed by atoms with Gasteiger partial charge in [-0.05, 0) is 38.0 Å². The largest absolute Gasteiger partial charge is 0.345 e. The van der Waals surface area contributed by atoms with Crippen LogP contribution in [0.4, 0.5) is 5.69 Å². The van der Waals surface area contributed by atoms with Crippen molar-refractivity contribution in [2.24, 2.45) is 7.05 Å². The van der Waals surface area contributed by atoms with Crippen LogP contribution in [0.15, 0.2) is 41.4 Å². The first-order chi connectivity index (χ1) is 13.3. The molecule has 7 nitrogen and oxygen atoms in total. The number of rotatable bonds is 5. The zero-order valence-electron chi connectivity index (χ0n) is 16.1. The van der Waals surface area contributed by atoms with Gasteiger partial charge in [-0.15, -0.1) is 0 Å². The molecular weight excluding hydrogens is 378 g/mol. The molecule has 1 aliphatic heterocycles. The summed E-state index contributed by atoms with van der Waals surface area (Å²) >= 11 is 0. The predicted molar refractivity (Wildman–Crippen MR) is 107 cm³/mol. The van der Waals surface area contributed by atoms with E-state index in [4.69, 9.17) is 0 Å². The summed E-state index contributed by atoms with van der Waals surface area (Å²) in [4.78, 5) is 24.3. The summed E-state index contributed by atoms with van der Waals surface area (Å²) in [6.07, 6.45) is 5.25. The molecule has 0 bridgehead atoms. The highest BCUT2D eigenvalue weighted by atomic mass is 32.2. The van der Waals surface area contributed by atoms with E-state index in [0.717, 1.165) is 25.7 Å². The number of carbonyl (C=O) groups is 2. The zero-order chi connectivity index (χ0) is 20.3. The summed E-state index contributed by atoms with van der Waals surface area (Å²) in [6, 6.07) is 8.05. The van der Waals surface area contributed by atoms with E-state index in [9.17, 15) is 18.0 Å². The lowest BCUT2D eigenvalue weighted by Crippen LogP contribution is -2.31. The van der Waals surface area contributed by atoms with Crippen LogP contribution in [0.3, 0.4) is 0 Å². The molecule has 0 radical (unpaired) electrons. The summed E-state index contributed by atoms with van der Waals surface area (Å²) in [5, 5.41) is 2.73. The fourth-order valence-corrected chi connectivity index (χ4v) is 4.93. The molecule has 0 saturated carbocycles. The maximum Gasteiger partial charge on any atom is 0.272 e. The van der Waals surface area contributed by atoms with E-state index < -0.39 is 15.9 Å². The molecule has 0 atom stereocenters. The van der Waals surface area contributed by atoms with Crippen LogP contribution in [0.2, 0.25) is 0 Å². The summed E-state index contributed by atoms with van der Waals surface area (Å²) in [6.45, 7) is 2.48. The van der Waals surface area contributed by atoms with Crippen molar-refractivity contribution in [3.8, 4) is 0 Å². The number of amides is 1. The van der Waals surface area contributed by atoms with Crippen molar-refractivity contribution >= 4 is 27.4 Å². The van der Waals surface area contributed by atoms with Crippen molar-refractivity contribution in [2.45, 2.75) is 37.5 Å². The maximum atomic E-state index is 12.9. The number of nitrogens with zero attached hydrogens (tertiary/aromatic N) is 2. The molecular formula is C20H25N3O4S. The van der Waals surface area contributed by atoms with E-state index in [1.54, 1.807) is 31.3 Å². The first-order valence-corrected chi connectivity index (χ1v) is 10.8. The number of aromatic nitrogens is 1. The lowest BCUT2D eigenvalue weighted by molar-refractivity contribution is 0.100. The molecule has 0 spiro atoms. The lowest BCUT2D eigenvalue weighted by Gasteiger charge is -2.18. The van der Waals surface area contributed by atoms with Crippen LogP contribution in [0.1, 0.15) is 53.5 Å². The van der Waals surface area contributed by atoms with E-state index in [2.05, 4.69) is 5.32 Å². The van der Waals surface area contributed by atoms with Crippen molar-refractivity contribution in [3.05, 3.63) is 47.8 Å². The summed E-state index contributed by atoms with van der Waals surface area (Å²) in [7, 11) is -1.98. The highest BCUT2D eigenvalue weighted by Crippen LogP contribution is 2.23. The minimum atomic E-state index is -3.62. The quantitative estimate of drug-likeness (QED) is 0.777. The monoisotopic (exact) mass is 403 g/mol. The topological polar surface area (TPSA) is 88.5 Å². The first-order valence-electron chi connectivity index (χ1n) is 9.38. The van der Waals surface area contributed by atoms with Gasteiger partial charge in [0, 0.05) is 37.6 Å². The highest BCUT2D eigenvalue weighted by molar-refractivity contribution is 7.89. The molecule has 1 N–H and O–H groups in total. The fraction of sp³-hybridized carbons (Fsp3) is 0.400. The smallest absolute Gasteiger partial charge is 0.272 e. The van der Waals surface area contributed by atoms with E-state index >= 15 is 0 Å². The van der Waals surface area contributed by atoms with Gasteiger partial charge in [0.25, 0.3) is 5.91 Å². The van der Waals surface area contributed by atoms with Crippen LogP contribution in [-0.4, -0.2) is 42.1 Å². The van der Waals surface area contributed by atoms with Crippen LogP contribution < -0.4 is 5.32 Å². The summed E-state index contributed by atoms with van der Waals surface area (Å²) < 4.78 is 28.9. The van der Waals surface area contributed by atoms with Crippen molar-refractivity contribution in [1.82, 2.24) is 8.87 Å². The molecule has 0 unspecified atom stereocenters. The lowest BCUT2D eigenvalue weighted by atomic mass is 10.1. The average molecular weight is 404 g/mol. The fourth-order valence-electron chi connectivity index (χ4n) is 3.34. The standard InChI is InChI=1S/C20H25N3O4S/c1-15(24)16-8-7-9-17(12-16)21-20(25)19-13-18(14-22(19)2)28(26,27)23-10-5-3-4-6-11-23/h7-9,12-14H,3-6,10-11H2,1-2H3,(H,21,25). The molecule has 1 fully saturated rings. The van der Waals surface area contributed by atoms with Crippen molar-refractivity contribution in [3.63, 3.8) is 0 Å². The first kappa shape index (κ1) is 20.3. The number of Topliss-reactive ketones (excluding diaryl/α,β-unsaturated/α-hetero) is 1. The molecule has 3 rings (SSSR count). The number of hydrogen-bond acceptors (Lipinski definition) is 4. The Morgan fingerprint density at radius 2 is 1.71 bits per heavy atom. The van der Waals surface area contributed by atoms with Gasteiger partial charge in [0.15, 0.2) is 5.78 Å². The van der Waals surface area contributed by atoms with Gasteiger partial charge in [-0.2, -0.15) is 4.31 Å². The minimum Gasteiger partial charge on any atom is -0.345 e. The molecule has 1 amide bonds. The predicted octanol–water partition coefficient (Wildman–Crippen LogP) is 3.04. The third-order valence-corrected chi connectivity index (χ3v) is 6.81. The molecule has 1 aromatic heterocycles. The van der Waals surface area contributed by atoms with Crippen LogP contribution >= 0.6 is 0 Å². The minimum absolute atomic E-state index is 0.0965. The number of aryl methyl sites for hydroxylation is 1. The number of carbonyl (C=O) groups excluding carboxylic acids is 2.